The van der Waals surface area contributed by atoms with Crippen LogP contribution >= 0.6 is 0 Å². The van der Waals surface area contributed by atoms with Crippen molar-refractivity contribution in [3.05, 3.63) is 29.8 Å². The van der Waals surface area contributed by atoms with Gasteiger partial charge in [0.05, 0.1) is 27.1 Å². The van der Waals surface area contributed by atoms with Gasteiger partial charge >= 0.3 is 11.9 Å². The van der Waals surface area contributed by atoms with E-state index in [4.69, 9.17) is 9.47 Å². The molecule has 112 valence electrons. The molecular weight excluding hydrogens is 260 g/mol. The standard InChI is InChI=1S/C13H16O5.C2H6/c1-16-11-5-3-10(4-6-11)9-18-13(15)8-7-12(14)17-2;1-2/h3-6H,7-9H2,1-2H3;1-2H3. The van der Waals surface area contributed by atoms with Crippen LogP contribution in [0.5, 0.6) is 5.75 Å². The van der Waals surface area contributed by atoms with Crippen molar-refractivity contribution in [1.29, 1.82) is 0 Å². The van der Waals surface area contributed by atoms with E-state index in [-0.39, 0.29) is 19.4 Å². The summed E-state index contributed by atoms with van der Waals surface area (Å²) >= 11 is 0. The fourth-order valence-corrected chi connectivity index (χ4v) is 1.26. The Kier molecular flexibility index (Phi) is 9.74. The summed E-state index contributed by atoms with van der Waals surface area (Å²) in [4.78, 5) is 22.1. The topological polar surface area (TPSA) is 61.8 Å². The minimum Gasteiger partial charge on any atom is -0.497 e. The molecule has 5 nitrogen and oxygen atoms in total. The highest BCUT2D eigenvalue weighted by molar-refractivity contribution is 5.77. The van der Waals surface area contributed by atoms with Gasteiger partial charge in [-0.3, -0.25) is 9.59 Å². The van der Waals surface area contributed by atoms with E-state index in [2.05, 4.69) is 4.74 Å². The van der Waals surface area contributed by atoms with Crippen molar-refractivity contribution in [2.24, 2.45) is 0 Å². The smallest absolute Gasteiger partial charge is 0.306 e. The van der Waals surface area contributed by atoms with Crippen LogP contribution in [-0.2, 0) is 25.7 Å². The molecule has 20 heavy (non-hydrogen) atoms. The maximum absolute atomic E-state index is 11.3. The summed E-state index contributed by atoms with van der Waals surface area (Å²) < 4.78 is 14.5. The monoisotopic (exact) mass is 282 g/mol. The van der Waals surface area contributed by atoms with Crippen LogP contribution in [0.2, 0.25) is 0 Å². The van der Waals surface area contributed by atoms with Gasteiger partial charge in [0, 0.05) is 0 Å². The second-order valence-corrected chi connectivity index (χ2v) is 3.58. The van der Waals surface area contributed by atoms with Gasteiger partial charge in [-0.1, -0.05) is 26.0 Å². The lowest BCUT2D eigenvalue weighted by Gasteiger charge is -2.05. The molecule has 0 bridgehead atoms. The van der Waals surface area contributed by atoms with Crippen LogP contribution < -0.4 is 4.74 Å². The SMILES string of the molecule is CC.COC(=O)CCC(=O)OCc1ccc(OC)cc1. The molecule has 1 aromatic rings. The van der Waals surface area contributed by atoms with Crippen LogP contribution in [0.3, 0.4) is 0 Å². The third-order valence-corrected chi connectivity index (χ3v) is 2.32. The number of ether oxygens (including phenoxy) is 3. The minimum atomic E-state index is -0.420. The maximum atomic E-state index is 11.3. The Balaban J connectivity index is 0.00000172. The van der Waals surface area contributed by atoms with E-state index in [1.54, 1.807) is 19.2 Å². The number of benzene rings is 1. The summed E-state index contributed by atoms with van der Waals surface area (Å²) in [6.45, 7) is 4.18. The van der Waals surface area contributed by atoms with Crippen molar-refractivity contribution in [3.63, 3.8) is 0 Å². The van der Waals surface area contributed by atoms with Gasteiger partial charge in [0.2, 0.25) is 0 Å². The lowest BCUT2D eigenvalue weighted by Crippen LogP contribution is -2.08. The van der Waals surface area contributed by atoms with Crippen molar-refractivity contribution in [1.82, 2.24) is 0 Å². The maximum Gasteiger partial charge on any atom is 0.306 e. The lowest BCUT2D eigenvalue weighted by atomic mass is 10.2. The third-order valence-electron chi connectivity index (χ3n) is 2.32. The molecule has 0 aliphatic carbocycles. The number of hydrogen-bond acceptors (Lipinski definition) is 5. The highest BCUT2D eigenvalue weighted by atomic mass is 16.5. The summed E-state index contributed by atoms with van der Waals surface area (Å²) in [6, 6.07) is 7.20. The van der Waals surface area contributed by atoms with Gasteiger partial charge in [-0.2, -0.15) is 0 Å². The van der Waals surface area contributed by atoms with E-state index in [9.17, 15) is 9.59 Å². The van der Waals surface area contributed by atoms with Gasteiger partial charge in [-0.15, -0.1) is 0 Å². The highest BCUT2D eigenvalue weighted by Gasteiger charge is 2.08. The molecule has 0 fully saturated rings. The summed E-state index contributed by atoms with van der Waals surface area (Å²) in [7, 11) is 2.87. The van der Waals surface area contributed by atoms with E-state index < -0.39 is 11.9 Å². The molecule has 1 rings (SSSR count). The molecule has 5 heteroatoms. The van der Waals surface area contributed by atoms with Gasteiger partial charge in [-0.05, 0) is 17.7 Å². The van der Waals surface area contributed by atoms with E-state index in [0.717, 1.165) is 11.3 Å². The van der Waals surface area contributed by atoms with Crippen molar-refractivity contribution in [2.45, 2.75) is 33.3 Å². The lowest BCUT2D eigenvalue weighted by molar-refractivity contribution is -0.149. The molecule has 0 atom stereocenters. The zero-order valence-corrected chi connectivity index (χ0v) is 12.5. The number of carbonyl (C=O) groups excluding carboxylic acids is 2. The van der Waals surface area contributed by atoms with Gasteiger partial charge in [-0.25, -0.2) is 0 Å². The summed E-state index contributed by atoms with van der Waals surface area (Å²) in [5.74, 6) is -0.0941. The molecule has 0 radical (unpaired) electrons. The zero-order valence-electron chi connectivity index (χ0n) is 12.5. The van der Waals surface area contributed by atoms with Crippen molar-refractivity contribution < 1.29 is 23.8 Å². The average Bonchev–Trinajstić information content (AvgIpc) is 2.52. The van der Waals surface area contributed by atoms with E-state index in [0.29, 0.717) is 0 Å². The minimum absolute atomic E-state index is 0.0306. The van der Waals surface area contributed by atoms with E-state index in [1.807, 2.05) is 26.0 Å². The molecule has 0 unspecified atom stereocenters. The molecule has 0 aliphatic rings. The molecule has 1 aromatic carbocycles. The first-order chi connectivity index (χ1) is 9.65. The molecule has 0 N–H and O–H groups in total. The summed E-state index contributed by atoms with van der Waals surface area (Å²) in [5.41, 5.74) is 0.863. The number of rotatable bonds is 6. The number of esters is 2. The molecule has 0 spiro atoms. The van der Waals surface area contributed by atoms with Crippen LogP contribution in [0, 0.1) is 0 Å². The van der Waals surface area contributed by atoms with Crippen LogP contribution in [0.1, 0.15) is 32.3 Å². The molecular formula is C15H22O5. The van der Waals surface area contributed by atoms with Crippen LogP contribution in [-0.4, -0.2) is 26.2 Å². The summed E-state index contributed by atoms with van der Waals surface area (Å²) in [5, 5.41) is 0. The average molecular weight is 282 g/mol. The predicted molar refractivity (Wildman–Crippen MR) is 75.4 cm³/mol. The quantitative estimate of drug-likeness (QED) is 0.751. The first-order valence-electron chi connectivity index (χ1n) is 6.51. The predicted octanol–water partition coefficient (Wildman–Crippen LogP) is 2.72. The third kappa shape index (κ3) is 7.41. The Morgan fingerprint density at radius 3 is 2.00 bits per heavy atom. The largest absolute Gasteiger partial charge is 0.497 e. The fourth-order valence-electron chi connectivity index (χ4n) is 1.26. The first-order valence-corrected chi connectivity index (χ1v) is 6.51. The Hall–Kier alpha value is -2.04. The number of hydrogen-bond donors (Lipinski definition) is 0. The Morgan fingerprint density at radius 1 is 0.950 bits per heavy atom. The number of carbonyl (C=O) groups is 2. The Morgan fingerprint density at radius 2 is 1.50 bits per heavy atom. The zero-order chi connectivity index (χ0) is 15.4. The van der Waals surface area contributed by atoms with Crippen LogP contribution in [0.15, 0.2) is 24.3 Å². The summed E-state index contributed by atoms with van der Waals surface area (Å²) in [6.07, 6.45) is 0.0702. The molecule has 0 heterocycles. The van der Waals surface area contributed by atoms with Crippen molar-refractivity contribution in [3.8, 4) is 5.75 Å². The van der Waals surface area contributed by atoms with E-state index >= 15 is 0 Å². The van der Waals surface area contributed by atoms with E-state index in [1.165, 1.54) is 7.11 Å². The van der Waals surface area contributed by atoms with Gasteiger partial charge in [0.1, 0.15) is 12.4 Å². The molecule has 0 aromatic heterocycles. The molecule has 0 saturated carbocycles. The molecule has 0 saturated heterocycles. The van der Waals surface area contributed by atoms with Gasteiger partial charge in [0.25, 0.3) is 0 Å². The fraction of sp³-hybridized carbons (Fsp3) is 0.467. The molecule has 0 amide bonds. The van der Waals surface area contributed by atoms with Gasteiger partial charge < -0.3 is 14.2 Å². The molecule has 0 aliphatic heterocycles. The highest BCUT2D eigenvalue weighted by Crippen LogP contribution is 2.12. The second kappa shape index (κ2) is 10.8. The van der Waals surface area contributed by atoms with Crippen molar-refractivity contribution in [2.75, 3.05) is 14.2 Å². The first kappa shape index (κ1) is 18.0. The van der Waals surface area contributed by atoms with Crippen LogP contribution in [0.25, 0.3) is 0 Å². The Bertz CT molecular complexity index is 397. The normalized spacial score (nSPS) is 9.00. The van der Waals surface area contributed by atoms with Gasteiger partial charge in [0.15, 0.2) is 0 Å². The second-order valence-electron chi connectivity index (χ2n) is 3.58. The number of methoxy groups -OCH3 is 2. The Labute approximate surface area is 119 Å². The van der Waals surface area contributed by atoms with Crippen molar-refractivity contribution >= 4 is 11.9 Å². The van der Waals surface area contributed by atoms with Crippen LogP contribution in [0.4, 0.5) is 0 Å².